The molecule has 1 N–H and O–H groups in total. The monoisotopic (exact) mass is 428 g/mol. The number of hydrogen-bond acceptors (Lipinski definition) is 4. The zero-order valence-corrected chi connectivity index (χ0v) is 17.7. The van der Waals surface area contributed by atoms with Gasteiger partial charge in [-0.25, -0.2) is 4.90 Å². The van der Waals surface area contributed by atoms with Crippen LogP contribution in [0.1, 0.15) is 22.3 Å². The van der Waals surface area contributed by atoms with Crippen LogP contribution in [0.5, 0.6) is 0 Å². The number of nitrogens with one attached hydrogen (secondary N) is 1. The Hall–Kier alpha value is -3.64. The third kappa shape index (κ3) is 4.59. The van der Waals surface area contributed by atoms with Crippen LogP contribution in [-0.2, 0) is 9.59 Å². The Morgan fingerprint density at radius 2 is 1.74 bits per heavy atom. The van der Waals surface area contributed by atoms with Gasteiger partial charge in [-0.1, -0.05) is 36.4 Å². The van der Waals surface area contributed by atoms with Gasteiger partial charge in [-0.15, -0.1) is 11.8 Å². The molecule has 0 aromatic heterocycles. The van der Waals surface area contributed by atoms with Gasteiger partial charge in [0, 0.05) is 21.7 Å². The van der Waals surface area contributed by atoms with Gasteiger partial charge in [0.1, 0.15) is 0 Å². The van der Waals surface area contributed by atoms with Crippen LogP contribution in [0, 0.1) is 0 Å². The molecule has 0 unspecified atom stereocenters. The second-order valence-electron chi connectivity index (χ2n) is 7.03. The number of rotatable bonds is 5. The number of nitrogens with zero attached hydrogens (tertiary/aromatic N) is 1. The predicted molar refractivity (Wildman–Crippen MR) is 124 cm³/mol. The molecule has 0 saturated carbocycles. The lowest BCUT2D eigenvalue weighted by atomic mass is 10.1. The molecule has 1 aliphatic rings. The summed E-state index contributed by atoms with van der Waals surface area (Å²) < 4.78 is 0. The van der Waals surface area contributed by atoms with Crippen LogP contribution in [0.25, 0.3) is 6.08 Å². The Morgan fingerprint density at radius 1 is 0.968 bits per heavy atom. The van der Waals surface area contributed by atoms with Crippen molar-refractivity contribution in [2.24, 2.45) is 0 Å². The fraction of sp³-hybridized carbons (Fsp3) is 0.0800. The minimum Gasteiger partial charge on any atom is -0.322 e. The zero-order valence-electron chi connectivity index (χ0n) is 16.9. The summed E-state index contributed by atoms with van der Waals surface area (Å²) in [5.41, 5.74) is 2.84. The van der Waals surface area contributed by atoms with E-state index in [1.165, 1.54) is 4.90 Å². The summed E-state index contributed by atoms with van der Waals surface area (Å²) in [5, 5.41) is 2.90. The van der Waals surface area contributed by atoms with Crippen molar-refractivity contribution in [1.82, 2.24) is 0 Å². The van der Waals surface area contributed by atoms with Gasteiger partial charge in [0.25, 0.3) is 11.8 Å². The van der Waals surface area contributed by atoms with Crippen molar-refractivity contribution in [1.29, 1.82) is 0 Å². The number of anilines is 2. The number of benzene rings is 3. The predicted octanol–water partition coefficient (Wildman–Crippen LogP) is 5.01. The lowest BCUT2D eigenvalue weighted by Crippen LogP contribution is -2.28. The molecule has 31 heavy (non-hydrogen) atoms. The van der Waals surface area contributed by atoms with Gasteiger partial charge in [0.2, 0.25) is 5.91 Å². The molecule has 0 spiro atoms. The quantitative estimate of drug-likeness (QED) is 0.353. The van der Waals surface area contributed by atoms with Crippen molar-refractivity contribution in [3.05, 3.63) is 95.6 Å². The van der Waals surface area contributed by atoms with Gasteiger partial charge in [0.15, 0.2) is 0 Å². The van der Waals surface area contributed by atoms with E-state index in [1.807, 2.05) is 36.6 Å². The van der Waals surface area contributed by atoms with E-state index in [2.05, 4.69) is 5.32 Å². The van der Waals surface area contributed by atoms with Gasteiger partial charge in [0.05, 0.1) is 12.1 Å². The van der Waals surface area contributed by atoms with Crippen molar-refractivity contribution in [2.75, 3.05) is 16.5 Å². The first-order valence-electron chi connectivity index (χ1n) is 9.73. The number of imide groups is 1. The highest BCUT2D eigenvalue weighted by atomic mass is 32.2. The standard InChI is InChI=1S/C25H20N2O3S/c1-31-22-12-6-9-20(16-22)26-24(29)18-8-5-7-17(13-18)14-19-15-23(28)27(25(19)30)21-10-3-2-4-11-21/h2-14,16H,15H2,1H3,(H,26,29)/b19-14+. The summed E-state index contributed by atoms with van der Waals surface area (Å²) >= 11 is 1.60. The molecule has 1 heterocycles. The molecule has 4 rings (SSSR count). The topological polar surface area (TPSA) is 66.5 Å². The summed E-state index contributed by atoms with van der Waals surface area (Å²) in [6.45, 7) is 0. The molecule has 3 amide bonds. The summed E-state index contributed by atoms with van der Waals surface area (Å²) in [6, 6.07) is 23.5. The third-order valence-corrected chi connectivity index (χ3v) is 5.63. The number of amides is 3. The number of carbonyl (C=O) groups is 3. The van der Waals surface area contributed by atoms with Crippen LogP contribution in [0.15, 0.2) is 89.3 Å². The van der Waals surface area contributed by atoms with E-state index < -0.39 is 0 Å². The number of thioether (sulfide) groups is 1. The Balaban J connectivity index is 1.54. The van der Waals surface area contributed by atoms with E-state index in [1.54, 1.807) is 66.4 Å². The van der Waals surface area contributed by atoms with Crippen LogP contribution in [0.4, 0.5) is 11.4 Å². The lowest BCUT2D eigenvalue weighted by molar-refractivity contribution is -0.120. The highest BCUT2D eigenvalue weighted by Gasteiger charge is 2.34. The summed E-state index contributed by atoms with van der Waals surface area (Å²) in [6.07, 6.45) is 3.69. The second kappa shape index (κ2) is 9.02. The molecule has 3 aromatic rings. The first-order valence-corrected chi connectivity index (χ1v) is 11.0. The fourth-order valence-electron chi connectivity index (χ4n) is 3.40. The molecular weight excluding hydrogens is 408 g/mol. The molecule has 0 atom stereocenters. The molecule has 1 aliphatic heterocycles. The molecule has 0 bridgehead atoms. The Morgan fingerprint density at radius 3 is 2.52 bits per heavy atom. The zero-order chi connectivity index (χ0) is 21.8. The van der Waals surface area contributed by atoms with Gasteiger partial charge >= 0.3 is 0 Å². The molecule has 3 aromatic carbocycles. The summed E-state index contributed by atoms with van der Waals surface area (Å²) in [4.78, 5) is 40.2. The normalized spacial score (nSPS) is 14.9. The Labute approximate surface area is 184 Å². The van der Waals surface area contributed by atoms with Crippen LogP contribution < -0.4 is 10.2 Å². The van der Waals surface area contributed by atoms with Crippen molar-refractivity contribution < 1.29 is 14.4 Å². The van der Waals surface area contributed by atoms with E-state index in [0.29, 0.717) is 22.4 Å². The lowest BCUT2D eigenvalue weighted by Gasteiger charge is -2.12. The maximum absolute atomic E-state index is 12.8. The van der Waals surface area contributed by atoms with Gasteiger partial charge in [-0.05, 0) is 60.4 Å². The first-order chi connectivity index (χ1) is 15.0. The second-order valence-corrected chi connectivity index (χ2v) is 7.91. The SMILES string of the molecule is CSc1cccc(NC(=O)c2cccc(/C=C3\CC(=O)N(c4ccccc4)C3=O)c2)c1. The molecule has 6 heteroatoms. The summed E-state index contributed by atoms with van der Waals surface area (Å²) in [5.74, 6) is -0.830. The minimum atomic E-state index is -0.333. The van der Waals surface area contributed by atoms with Gasteiger partial charge < -0.3 is 5.32 Å². The molecule has 154 valence electrons. The van der Waals surface area contributed by atoms with Crippen LogP contribution in [0.3, 0.4) is 0 Å². The van der Waals surface area contributed by atoms with E-state index in [9.17, 15) is 14.4 Å². The summed E-state index contributed by atoms with van der Waals surface area (Å²) in [7, 11) is 0. The minimum absolute atomic E-state index is 0.0334. The average molecular weight is 429 g/mol. The Bertz CT molecular complexity index is 1190. The largest absolute Gasteiger partial charge is 0.322 e. The third-order valence-electron chi connectivity index (χ3n) is 4.90. The van der Waals surface area contributed by atoms with E-state index in [4.69, 9.17) is 0 Å². The van der Waals surface area contributed by atoms with Crippen LogP contribution in [0.2, 0.25) is 0 Å². The molecule has 0 radical (unpaired) electrons. The van der Waals surface area contributed by atoms with Crippen molar-refractivity contribution in [3.8, 4) is 0 Å². The Kier molecular flexibility index (Phi) is 6.00. The molecule has 5 nitrogen and oxygen atoms in total. The molecular formula is C25H20N2O3S. The van der Waals surface area contributed by atoms with Crippen molar-refractivity contribution in [2.45, 2.75) is 11.3 Å². The number of hydrogen-bond donors (Lipinski definition) is 1. The maximum Gasteiger partial charge on any atom is 0.261 e. The van der Waals surface area contributed by atoms with Crippen molar-refractivity contribution >= 4 is 46.9 Å². The van der Waals surface area contributed by atoms with E-state index in [0.717, 1.165) is 10.6 Å². The highest BCUT2D eigenvalue weighted by Crippen LogP contribution is 2.27. The molecule has 1 fully saturated rings. The maximum atomic E-state index is 12.8. The number of para-hydroxylation sites is 1. The first kappa shape index (κ1) is 20.6. The van der Waals surface area contributed by atoms with Gasteiger partial charge in [-0.3, -0.25) is 14.4 Å². The van der Waals surface area contributed by atoms with Crippen LogP contribution >= 0.6 is 11.8 Å². The van der Waals surface area contributed by atoms with Crippen molar-refractivity contribution in [3.63, 3.8) is 0 Å². The smallest absolute Gasteiger partial charge is 0.261 e. The van der Waals surface area contributed by atoms with Gasteiger partial charge in [-0.2, -0.15) is 0 Å². The highest BCUT2D eigenvalue weighted by molar-refractivity contribution is 7.98. The molecule has 1 saturated heterocycles. The van der Waals surface area contributed by atoms with Crippen LogP contribution in [-0.4, -0.2) is 24.0 Å². The number of carbonyl (C=O) groups excluding carboxylic acids is 3. The fourth-order valence-corrected chi connectivity index (χ4v) is 3.86. The average Bonchev–Trinajstić information content (AvgIpc) is 3.07. The van der Waals surface area contributed by atoms with E-state index in [-0.39, 0.29) is 24.1 Å². The van der Waals surface area contributed by atoms with E-state index >= 15 is 0 Å². The molecule has 0 aliphatic carbocycles.